The van der Waals surface area contributed by atoms with Crippen molar-refractivity contribution in [1.29, 1.82) is 0 Å². The average molecular weight is 349 g/mol. The first-order valence-corrected chi connectivity index (χ1v) is 7.56. The Bertz CT molecular complexity index is 695. The molecule has 1 N–H and O–H groups in total. The second-order valence-corrected chi connectivity index (χ2v) is 5.77. The summed E-state index contributed by atoms with van der Waals surface area (Å²) in [5.74, 6) is -0.104. The van der Waals surface area contributed by atoms with Crippen molar-refractivity contribution in [1.82, 2.24) is 9.88 Å². The second kappa shape index (κ2) is 7.22. The van der Waals surface area contributed by atoms with Gasteiger partial charge < -0.3 is 9.88 Å². The van der Waals surface area contributed by atoms with Crippen LogP contribution in [-0.4, -0.2) is 17.0 Å². The first-order valence-electron chi connectivity index (χ1n) is 6.77. The normalized spacial score (nSPS) is 10.4. The Morgan fingerprint density at radius 3 is 2.81 bits per heavy atom. The fourth-order valence-electron chi connectivity index (χ4n) is 1.97. The van der Waals surface area contributed by atoms with Crippen LogP contribution in [0.2, 0.25) is 0 Å². The number of nitrogens with zero attached hydrogens (tertiary/aromatic N) is 1. The Labute approximate surface area is 131 Å². The van der Waals surface area contributed by atoms with Crippen molar-refractivity contribution in [2.45, 2.75) is 19.9 Å². The topological polar surface area (TPSA) is 51.1 Å². The number of hydrogen-bond donors (Lipinski definition) is 1. The Morgan fingerprint density at radius 1 is 1.29 bits per heavy atom. The van der Waals surface area contributed by atoms with E-state index in [1.165, 1.54) is 0 Å². The molecule has 0 spiro atoms. The zero-order chi connectivity index (χ0) is 15.2. The van der Waals surface area contributed by atoms with E-state index in [2.05, 4.69) is 21.2 Å². The van der Waals surface area contributed by atoms with Gasteiger partial charge in [-0.3, -0.25) is 9.59 Å². The van der Waals surface area contributed by atoms with Gasteiger partial charge in [-0.2, -0.15) is 0 Å². The number of hydrogen-bond acceptors (Lipinski definition) is 2. The van der Waals surface area contributed by atoms with Gasteiger partial charge in [-0.05, 0) is 43.2 Å². The van der Waals surface area contributed by atoms with Gasteiger partial charge in [0, 0.05) is 35.4 Å². The van der Waals surface area contributed by atoms with Crippen LogP contribution in [-0.2, 0) is 6.54 Å². The maximum atomic E-state index is 11.9. The number of rotatable bonds is 5. The predicted molar refractivity (Wildman–Crippen MR) is 86.5 cm³/mol. The van der Waals surface area contributed by atoms with Gasteiger partial charge in [0.25, 0.3) is 11.5 Å². The SMILES string of the molecule is Cc1ccn(CCCNC(=O)c2cccc(Br)c2)c(=O)c1. The van der Waals surface area contributed by atoms with Gasteiger partial charge in [0.05, 0.1) is 0 Å². The summed E-state index contributed by atoms with van der Waals surface area (Å²) in [6.45, 7) is 3.02. The highest BCUT2D eigenvalue weighted by Gasteiger charge is 2.04. The standard InChI is InChI=1S/C16H17BrN2O2/c1-12-6-9-19(15(20)10-12)8-3-7-18-16(21)13-4-2-5-14(17)11-13/h2,4-6,9-11H,3,7-8H2,1H3,(H,18,21). The molecule has 0 atom stereocenters. The lowest BCUT2D eigenvalue weighted by Crippen LogP contribution is -2.27. The van der Waals surface area contributed by atoms with Crippen molar-refractivity contribution in [3.05, 3.63) is 68.5 Å². The highest BCUT2D eigenvalue weighted by molar-refractivity contribution is 9.10. The molecule has 2 rings (SSSR count). The van der Waals surface area contributed by atoms with Crippen molar-refractivity contribution in [3.63, 3.8) is 0 Å². The lowest BCUT2D eigenvalue weighted by atomic mass is 10.2. The third kappa shape index (κ3) is 4.56. The minimum atomic E-state index is -0.104. The number of aromatic nitrogens is 1. The summed E-state index contributed by atoms with van der Waals surface area (Å²) < 4.78 is 2.53. The van der Waals surface area contributed by atoms with Crippen molar-refractivity contribution in [3.8, 4) is 0 Å². The van der Waals surface area contributed by atoms with Crippen LogP contribution in [0.3, 0.4) is 0 Å². The quantitative estimate of drug-likeness (QED) is 0.844. The minimum absolute atomic E-state index is 0.00619. The number of pyridine rings is 1. The van der Waals surface area contributed by atoms with Crippen LogP contribution in [0.1, 0.15) is 22.3 Å². The number of carbonyl (C=O) groups is 1. The molecule has 1 aromatic heterocycles. The zero-order valence-electron chi connectivity index (χ0n) is 11.8. The van der Waals surface area contributed by atoms with Crippen molar-refractivity contribution in [2.24, 2.45) is 0 Å². The van der Waals surface area contributed by atoms with E-state index in [1.54, 1.807) is 29.0 Å². The van der Waals surface area contributed by atoms with Crippen molar-refractivity contribution < 1.29 is 4.79 Å². The number of carbonyl (C=O) groups excluding carboxylic acids is 1. The highest BCUT2D eigenvalue weighted by Crippen LogP contribution is 2.11. The van der Waals surface area contributed by atoms with Gasteiger partial charge in [0.1, 0.15) is 0 Å². The highest BCUT2D eigenvalue weighted by atomic mass is 79.9. The first-order chi connectivity index (χ1) is 10.1. The van der Waals surface area contributed by atoms with Gasteiger partial charge in [-0.1, -0.05) is 22.0 Å². The Balaban J connectivity index is 1.82. The van der Waals surface area contributed by atoms with Crippen molar-refractivity contribution in [2.75, 3.05) is 6.54 Å². The van der Waals surface area contributed by atoms with E-state index in [1.807, 2.05) is 25.1 Å². The summed E-state index contributed by atoms with van der Waals surface area (Å²) in [5, 5.41) is 2.85. The fourth-order valence-corrected chi connectivity index (χ4v) is 2.37. The van der Waals surface area contributed by atoms with Crippen LogP contribution in [0.4, 0.5) is 0 Å². The summed E-state index contributed by atoms with van der Waals surface area (Å²) in [7, 11) is 0. The monoisotopic (exact) mass is 348 g/mol. The molecule has 0 aliphatic heterocycles. The number of amides is 1. The van der Waals surface area contributed by atoms with E-state index < -0.39 is 0 Å². The molecular formula is C16H17BrN2O2. The average Bonchev–Trinajstić information content (AvgIpc) is 2.45. The Hall–Kier alpha value is -1.88. The molecule has 21 heavy (non-hydrogen) atoms. The van der Waals surface area contributed by atoms with E-state index >= 15 is 0 Å². The first kappa shape index (κ1) is 15.5. The number of aryl methyl sites for hydroxylation is 2. The summed E-state index contributed by atoms with van der Waals surface area (Å²) in [4.78, 5) is 23.6. The summed E-state index contributed by atoms with van der Waals surface area (Å²) in [6, 6.07) is 10.8. The van der Waals surface area contributed by atoms with Gasteiger partial charge >= 0.3 is 0 Å². The molecule has 2 aromatic rings. The van der Waals surface area contributed by atoms with Crippen LogP contribution in [0.5, 0.6) is 0 Å². The molecule has 1 aromatic carbocycles. The van der Waals surface area contributed by atoms with Crippen LogP contribution < -0.4 is 10.9 Å². The molecule has 0 aliphatic carbocycles. The Morgan fingerprint density at radius 2 is 2.10 bits per heavy atom. The second-order valence-electron chi connectivity index (χ2n) is 4.86. The molecule has 110 valence electrons. The molecule has 0 radical (unpaired) electrons. The van der Waals surface area contributed by atoms with Crippen molar-refractivity contribution >= 4 is 21.8 Å². The molecule has 0 unspecified atom stereocenters. The molecule has 0 fully saturated rings. The number of nitrogens with one attached hydrogen (secondary N) is 1. The van der Waals surface area contributed by atoms with Gasteiger partial charge in [0.15, 0.2) is 0 Å². The van der Waals surface area contributed by atoms with E-state index in [0.29, 0.717) is 25.1 Å². The summed E-state index contributed by atoms with van der Waals surface area (Å²) >= 11 is 3.34. The van der Waals surface area contributed by atoms with Gasteiger partial charge in [-0.25, -0.2) is 0 Å². The third-order valence-corrected chi connectivity index (χ3v) is 3.59. The zero-order valence-corrected chi connectivity index (χ0v) is 13.4. The maximum absolute atomic E-state index is 11.9. The van der Waals surface area contributed by atoms with Crippen LogP contribution >= 0.6 is 15.9 Å². The molecule has 5 heteroatoms. The van der Waals surface area contributed by atoms with Gasteiger partial charge in [0.2, 0.25) is 0 Å². The molecular weight excluding hydrogens is 332 g/mol. The molecule has 0 aliphatic rings. The molecule has 0 bridgehead atoms. The molecule has 0 saturated heterocycles. The largest absolute Gasteiger partial charge is 0.352 e. The van der Waals surface area contributed by atoms with Crippen LogP contribution in [0.15, 0.2) is 51.9 Å². The predicted octanol–water partition coefficient (Wildman–Crippen LogP) is 2.74. The van der Waals surface area contributed by atoms with Crippen LogP contribution in [0, 0.1) is 6.92 Å². The Kier molecular flexibility index (Phi) is 5.33. The third-order valence-electron chi connectivity index (χ3n) is 3.10. The lowest BCUT2D eigenvalue weighted by molar-refractivity contribution is 0.0952. The number of benzene rings is 1. The molecule has 1 amide bonds. The smallest absolute Gasteiger partial charge is 0.251 e. The van der Waals surface area contributed by atoms with E-state index in [-0.39, 0.29) is 11.5 Å². The molecule has 1 heterocycles. The maximum Gasteiger partial charge on any atom is 0.251 e. The van der Waals surface area contributed by atoms with E-state index in [4.69, 9.17) is 0 Å². The van der Waals surface area contributed by atoms with E-state index in [9.17, 15) is 9.59 Å². The van der Waals surface area contributed by atoms with Gasteiger partial charge in [-0.15, -0.1) is 0 Å². The fraction of sp³-hybridized carbons (Fsp3) is 0.250. The number of halogens is 1. The summed E-state index contributed by atoms with van der Waals surface area (Å²) in [6.07, 6.45) is 2.50. The summed E-state index contributed by atoms with van der Waals surface area (Å²) in [5.41, 5.74) is 1.57. The lowest BCUT2D eigenvalue weighted by Gasteiger charge is -2.07. The molecule has 0 saturated carbocycles. The van der Waals surface area contributed by atoms with E-state index in [0.717, 1.165) is 10.0 Å². The minimum Gasteiger partial charge on any atom is -0.352 e. The molecule has 4 nitrogen and oxygen atoms in total. The van der Waals surface area contributed by atoms with Crippen LogP contribution in [0.25, 0.3) is 0 Å².